The third-order valence-corrected chi connectivity index (χ3v) is 6.07. The fraction of sp³-hybridized carbons (Fsp3) is 0.240. The highest BCUT2D eigenvalue weighted by molar-refractivity contribution is 6.35. The van der Waals surface area contributed by atoms with Gasteiger partial charge in [0.2, 0.25) is 5.65 Å². The second kappa shape index (κ2) is 10.3. The number of pyridine rings is 1. The summed E-state index contributed by atoms with van der Waals surface area (Å²) in [5, 5.41) is 23.2. The van der Waals surface area contributed by atoms with Gasteiger partial charge < -0.3 is 30.3 Å². The lowest BCUT2D eigenvalue weighted by molar-refractivity contribution is -0.274. The fourth-order valence-electron chi connectivity index (χ4n) is 4.26. The molecule has 0 radical (unpaired) electrons. The molecule has 4 heterocycles. The van der Waals surface area contributed by atoms with Gasteiger partial charge in [-0.05, 0) is 61.0 Å². The van der Waals surface area contributed by atoms with Crippen molar-refractivity contribution in [1.29, 1.82) is 0 Å². The number of aromatic nitrogens is 5. The Labute approximate surface area is 223 Å². The van der Waals surface area contributed by atoms with E-state index in [0.717, 1.165) is 17.0 Å². The van der Waals surface area contributed by atoms with Crippen molar-refractivity contribution in [3.05, 3.63) is 64.6 Å². The number of alkyl halides is 3. The van der Waals surface area contributed by atoms with Gasteiger partial charge in [0, 0.05) is 35.4 Å². The van der Waals surface area contributed by atoms with E-state index in [1.54, 1.807) is 32.2 Å². The van der Waals surface area contributed by atoms with Crippen LogP contribution in [0.3, 0.4) is 0 Å². The number of fused-ring (bicyclic) bond motifs is 2. The van der Waals surface area contributed by atoms with E-state index in [1.165, 1.54) is 12.1 Å². The summed E-state index contributed by atoms with van der Waals surface area (Å²) >= 11 is 0. The van der Waals surface area contributed by atoms with Crippen molar-refractivity contribution in [3.8, 4) is 5.75 Å². The first-order valence-electron chi connectivity index (χ1n) is 11.9. The minimum Gasteiger partial charge on any atom is -0.406 e. The van der Waals surface area contributed by atoms with Crippen LogP contribution < -0.4 is 20.2 Å². The number of aliphatic hydroxyl groups excluding tert-OH is 1. The van der Waals surface area contributed by atoms with Gasteiger partial charge in [0.25, 0.3) is 11.8 Å². The molecule has 40 heavy (non-hydrogen) atoms. The Morgan fingerprint density at radius 1 is 1.27 bits per heavy atom. The number of hydrogen-bond acceptors (Lipinski definition) is 8. The largest absolute Gasteiger partial charge is 0.573 e. The molecule has 0 saturated carbocycles. The highest BCUT2D eigenvalue weighted by Crippen LogP contribution is 2.37. The number of aliphatic hydroxyl groups is 1. The minimum atomic E-state index is -4.88. The number of ether oxygens (including phenoxy) is 1. The van der Waals surface area contributed by atoms with Crippen LogP contribution in [0.4, 0.5) is 18.9 Å². The van der Waals surface area contributed by atoms with E-state index in [1.807, 2.05) is 0 Å². The van der Waals surface area contributed by atoms with Gasteiger partial charge in [-0.25, -0.2) is 4.98 Å². The van der Waals surface area contributed by atoms with Gasteiger partial charge in [-0.2, -0.15) is 0 Å². The lowest BCUT2D eigenvalue weighted by Crippen LogP contribution is -2.37. The molecule has 0 spiro atoms. The van der Waals surface area contributed by atoms with Gasteiger partial charge in [0.15, 0.2) is 0 Å². The predicted molar refractivity (Wildman–Crippen MR) is 135 cm³/mol. The van der Waals surface area contributed by atoms with Gasteiger partial charge >= 0.3 is 6.36 Å². The van der Waals surface area contributed by atoms with Gasteiger partial charge in [0.05, 0.1) is 11.1 Å². The van der Waals surface area contributed by atoms with Crippen molar-refractivity contribution >= 4 is 40.3 Å². The van der Waals surface area contributed by atoms with Crippen LogP contribution in [0.5, 0.6) is 5.75 Å². The fourth-order valence-corrected chi connectivity index (χ4v) is 4.26. The number of anilines is 1. The van der Waals surface area contributed by atoms with E-state index in [0.29, 0.717) is 39.4 Å². The zero-order valence-corrected chi connectivity index (χ0v) is 21.0. The number of halogens is 3. The normalized spacial score (nSPS) is 14.8. The number of hydrogen-bond donors (Lipinski definition) is 4. The van der Waals surface area contributed by atoms with E-state index in [9.17, 15) is 27.9 Å². The van der Waals surface area contributed by atoms with Gasteiger partial charge in [-0.1, -0.05) is 4.85 Å². The first-order valence-corrected chi connectivity index (χ1v) is 11.9. The molecule has 1 aliphatic rings. The van der Waals surface area contributed by atoms with Crippen LogP contribution in [-0.2, 0) is 4.79 Å². The van der Waals surface area contributed by atoms with Crippen molar-refractivity contribution in [2.75, 3.05) is 18.5 Å². The van der Waals surface area contributed by atoms with Crippen LogP contribution in [0.2, 0.25) is 0 Å². The van der Waals surface area contributed by atoms with E-state index >= 15 is 0 Å². The number of carbonyl (C=O) groups is 2. The summed E-state index contributed by atoms with van der Waals surface area (Å²) < 4.78 is 42.0. The summed E-state index contributed by atoms with van der Waals surface area (Å²) in [5.74, 6) is -1.47. The smallest absolute Gasteiger partial charge is 0.406 e. The molecule has 5 rings (SSSR count). The number of amides is 2. The quantitative estimate of drug-likeness (QED) is 0.241. The van der Waals surface area contributed by atoms with E-state index in [4.69, 9.17) is 4.84 Å². The number of nitrogens with zero attached hydrogens (tertiary/aromatic N) is 4. The molecule has 1 aliphatic heterocycles. The van der Waals surface area contributed by atoms with Crippen molar-refractivity contribution in [1.82, 2.24) is 30.4 Å². The van der Waals surface area contributed by atoms with E-state index in [2.05, 4.69) is 35.7 Å². The molecule has 4 aromatic rings. The Morgan fingerprint density at radius 2 is 2.08 bits per heavy atom. The standard InChI is InChI=1S/C25H22F3N7O5/c1-12-20(9-17-16-8-15(40-25(26,27)28)5-6-18(16)32-23(17)37)31-13(2)21(12)24(38)30-10-14(36)11-39-35-22-19(33-34-35)4-3-7-29-22/h3-9,14,31,36H,10-11H2,1-2H3,(H,30,38)(H,32,37). The van der Waals surface area contributed by atoms with Crippen LogP contribution in [0.15, 0.2) is 36.5 Å². The summed E-state index contributed by atoms with van der Waals surface area (Å²) in [6.07, 6.45) is -2.96. The number of H-pyrrole nitrogens is 1. The SMILES string of the molecule is Cc1[nH]c(C=C2C(=O)Nc3ccc(OC(F)(F)F)cc32)c(C)c1C(=O)NCC(O)COn1nnc2cccnc21. The molecule has 12 nitrogen and oxygen atoms in total. The van der Waals surface area contributed by atoms with Gasteiger partial charge in [-0.15, -0.1) is 18.3 Å². The van der Waals surface area contributed by atoms with Crippen LogP contribution >= 0.6 is 0 Å². The second-order valence-electron chi connectivity index (χ2n) is 8.90. The zero-order valence-electron chi connectivity index (χ0n) is 21.0. The molecule has 3 aromatic heterocycles. The number of rotatable bonds is 8. The Hall–Kier alpha value is -4.92. The summed E-state index contributed by atoms with van der Waals surface area (Å²) in [6.45, 7) is 2.97. The molecule has 0 aliphatic carbocycles. The number of benzene rings is 1. The molecular formula is C25H22F3N7O5. The molecule has 2 amide bonds. The Balaban J connectivity index is 1.27. The maximum atomic E-state index is 12.9. The van der Waals surface area contributed by atoms with Crippen LogP contribution in [0.1, 0.15) is 32.9 Å². The van der Waals surface area contributed by atoms with Gasteiger partial charge in [0.1, 0.15) is 24.0 Å². The number of aromatic amines is 1. The maximum absolute atomic E-state index is 12.9. The molecular weight excluding hydrogens is 535 g/mol. The monoisotopic (exact) mass is 557 g/mol. The molecule has 1 aromatic carbocycles. The molecule has 1 atom stereocenters. The molecule has 208 valence electrons. The Kier molecular flexibility index (Phi) is 6.89. The molecule has 0 saturated heterocycles. The first-order chi connectivity index (χ1) is 19.0. The molecule has 4 N–H and O–H groups in total. The zero-order chi connectivity index (χ0) is 28.6. The van der Waals surface area contributed by atoms with Gasteiger partial charge in [-0.3, -0.25) is 9.59 Å². The van der Waals surface area contributed by atoms with E-state index < -0.39 is 30.0 Å². The lowest BCUT2D eigenvalue weighted by atomic mass is 10.0. The number of carbonyl (C=O) groups excluding carboxylic acids is 2. The summed E-state index contributed by atoms with van der Waals surface area (Å²) in [5.41, 5.74) is 3.24. The van der Waals surface area contributed by atoms with Crippen LogP contribution in [0, 0.1) is 13.8 Å². The lowest BCUT2D eigenvalue weighted by Gasteiger charge is -2.13. The van der Waals surface area contributed by atoms with Crippen molar-refractivity contribution in [2.24, 2.45) is 0 Å². The Morgan fingerprint density at radius 3 is 2.85 bits per heavy atom. The van der Waals surface area contributed by atoms with Crippen molar-refractivity contribution in [2.45, 2.75) is 26.3 Å². The number of nitrogens with one attached hydrogen (secondary N) is 3. The minimum absolute atomic E-state index is 0.0987. The average molecular weight is 557 g/mol. The van der Waals surface area contributed by atoms with E-state index in [-0.39, 0.29) is 24.3 Å². The summed E-state index contributed by atoms with van der Waals surface area (Å²) in [7, 11) is 0. The highest BCUT2D eigenvalue weighted by atomic mass is 19.4. The molecule has 1 unspecified atom stereocenters. The number of aryl methyl sites for hydroxylation is 1. The summed E-state index contributed by atoms with van der Waals surface area (Å²) in [6, 6.07) is 6.94. The summed E-state index contributed by atoms with van der Waals surface area (Å²) in [4.78, 5) is 39.2. The predicted octanol–water partition coefficient (Wildman–Crippen LogP) is 2.38. The third-order valence-electron chi connectivity index (χ3n) is 6.07. The van der Waals surface area contributed by atoms with Crippen molar-refractivity contribution in [3.63, 3.8) is 0 Å². The maximum Gasteiger partial charge on any atom is 0.573 e. The van der Waals surface area contributed by atoms with Crippen LogP contribution in [0.25, 0.3) is 22.8 Å². The third kappa shape index (κ3) is 5.44. The molecule has 0 bridgehead atoms. The average Bonchev–Trinajstić information content (AvgIpc) is 3.53. The van der Waals surface area contributed by atoms with Crippen molar-refractivity contribution < 1.29 is 37.4 Å². The highest BCUT2D eigenvalue weighted by Gasteiger charge is 2.33. The van der Waals surface area contributed by atoms with Crippen LogP contribution in [-0.4, -0.2) is 67.7 Å². The topological polar surface area (TPSA) is 156 Å². The second-order valence-corrected chi connectivity index (χ2v) is 8.90. The Bertz CT molecular complexity index is 1640. The first kappa shape index (κ1) is 26.7. The molecule has 0 fully saturated rings. The molecule has 15 heteroatoms.